The summed E-state index contributed by atoms with van der Waals surface area (Å²) < 4.78 is 1.13. The molecule has 3 rings (SSSR count). The summed E-state index contributed by atoms with van der Waals surface area (Å²) in [5.41, 5.74) is 2.16. The first-order valence-electron chi connectivity index (χ1n) is 5.39. The zero-order valence-electron chi connectivity index (χ0n) is 8.73. The van der Waals surface area contributed by atoms with E-state index in [0.29, 0.717) is 5.92 Å². The minimum atomic E-state index is 0.0640. The number of nitriles is 1. The van der Waals surface area contributed by atoms with Crippen LogP contribution in [0, 0.1) is 11.3 Å². The van der Waals surface area contributed by atoms with Crippen LogP contribution in [0.4, 0.5) is 0 Å². The Kier molecular flexibility index (Phi) is 2.20. The Morgan fingerprint density at radius 1 is 1.44 bits per heavy atom. The molecule has 1 aromatic heterocycles. The summed E-state index contributed by atoms with van der Waals surface area (Å²) in [6.07, 6.45) is 2.42. The van der Waals surface area contributed by atoms with Crippen LogP contribution in [0.3, 0.4) is 0 Å². The van der Waals surface area contributed by atoms with Crippen LogP contribution in [-0.2, 0) is 6.61 Å². The molecule has 3 heteroatoms. The lowest BCUT2D eigenvalue weighted by Crippen LogP contribution is -1.83. The number of hydrogen-bond donors (Lipinski definition) is 1. The summed E-state index contributed by atoms with van der Waals surface area (Å²) in [6, 6.07) is 8.29. The average molecular weight is 229 g/mol. The first-order valence-corrected chi connectivity index (χ1v) is 6.21. The second kappa shape index (κ2) is 3.58. The van der Waals surface area contributed by atoms with E-state index >= 15 is 0 Å². The Bertz CT molecular complexity index is 590. The Morgan fingerprint density at radius 2 is 2.25 bits per heavy atom. The van der Waals surface area contributed by atoms with Crippen molar-refractivity contribution in [1.29, 1.82) is 5.26 Å². The number of rotatable bonds is 2. The van der Waals surface area contributed by atoms with Gasteiger partial charge in [-0.15, -0.1) is 11.3 Å². The normalized spacial score (nSPS) is 15.2. The van der Waals surface area contributed by atoms with Gasteiger partial charge in [-0.25, -0.2) is 0 Å². The maximum Gasteiger partial charge on any atom is 0.110 e. The van der Waals surface area contributed by atoms with Gasteiger partial charge in [0, 0.05) is 4.70 Å². The van der Waals surface area contributed by atoms with Gasteiger partial charge < -0.3 is 5.11 Å². The van der Waals surface area contributed by atoms with Crippen LogP contribution in [0.5, 0.6) is 0 Å². The second-order valence-corrected chi connectivity index (χ2v) is 5.27. The predicted molar refractivity (Wildman–Crippen MR) is 64.4 cm³/mol. The van der Waals surface area contributed by atoms with Gasteiger partial charge >= 0.3 is 0 Å². The van der Waals surface area contributed by atoms with Crippen molar-refractivity contribution >= 4 is 21.4 Å². The lowest BCUT2D eigenvalue weighted by molar-refractivity contribution is 0.282. The molecule has 80 valence electrons. The SMILES string of the molecule is N#Cc1sc2cc(CO)ccc2c1C1CC1. The number of benzene rings is 1. The fourth-order valence-corrected chi connectivity index (χ4v) is 3.27. The van der Waals surface area contributed by atoms with E-state index in [1.54, 1.807) is 11.3 Å². The van der Waals surface area contributed by atoms with Gasteiger partial charge in [0.2, 0.25) is 0 Å². The van der Waals surface area contributed by atoms with Crippen LogP contribution < -0.4 is 0 Å². The Hall–Kier alpha value is -1.37. The molecule has 2 aromatic rings. The average Bonchev–Trinajstić information content (AvgIpc) is 3.08. The molecule has 1 aliphatic rings. The van der Waals surface area contributed by atoms with Crippen molar-refractivity contribution in [2.24, 2.45) is 0 Å². The number of aliphatic hydroxyl groups excluding tert-OH is 1. The molecule has 1 heterocycles. The maximum absolute atomic E-state index is 9.13. The molecule has 0 atom stereocenters. The lowest BCUT2D eigenvalue weighted by atomic mass is 10.1. The van der Waals surface area contributed by atoms with Gasteiger partial charge in [-0.05, 0) is 41.3 Å². The van der Waals surface area contributed by atoms with Crippen molar-refractivity contribution in [1.82, 2.24) is 0 Å². The molecule has 0 saturated heterocycles. The van der Waals surface area contributed by atoms with Gasteiger partial charge in [-0.3, -0.25) is 0 Å². The maximum atomic E-state index is 9.13. The lowest BCUT2D eigenvalue weighted by Gasteiger charge is -1.98. The van der Waals surface area contributed by atoms with E-state index in [1.807, 2.05) is 18.2 Å². The quantitative estimate of drug-likeness (QED) is 0.859. The van der Waals surface area contributed by atoms with Crippen molar-refractivity contribution in [2.45, 2.75) is 25.4 Å². The summed E-state index contributed by atoms with van der Waals surface area (Å²) in [5, 5.41) is 19.4. The molecule has 1 saturated carbocycles. The topological polar surface area (TPSA) is 44.0 Å². The molecule has 16 heavy (non-hydrogen) atoms. The molecule has 0 aliphatic heterocycles. The number of thiophene rings is 1. The van der Waals surface area contributed by atoms with Gasteiger partial charge in [-0.2, -0.15) is 5.26 Å². The summed E-state index contributed by atoms with van der Waals surface area (Å²) in [5.74, 6) is 0.600. The standard InChI is InChI=1S/C13H11NOS/c14-6-12-13(9-2-3-9)10-4-1-8(7-15)5-11(10)16-12/h1,4-5,9,15H,2-3,7H2. The first kappa shape index (κ1) is 9.83. The van der Waals surface area contributed by atoms with E-state index in [1.165, 1.54) is 23.8 Å². The highest BCUT2D eigenvalue weighted by Gasteiger charge is 2.29. The third-order valence-corrected chi connectivity index (χ3v) is 4.14. The molecular weight excluding hydrogens is 218 g/mol. The van der Waals surface area contributed by atoms with E-state index in [0.717, 1.165) is 15.1 Å². The van der Waals surface area contributed by atoms with Gasteiger partial charge in [0.05, 0.1) is 6.61 Å². The van der Waals surface area contributed by atoms with E-state index in [2.05, 4.69) is 6.07 Å². The second-order valence-electron chi connectivity index (χ2n) is 4.22. The van der Waals surface area contributed by atoms with Crippen LogP contribution >= 0.6 is 11.3 Å². The Labute approximate surface area is 97.8 Å². The smallest absolute Gasteiger partial charge is 0.110 e. The Balaban J connectivity index is 2.26. The predicted octanol–water partition coefficient (Wildman–Crippen LogP) is 3.14. The summed E-state index contributed by atoms with van der Waals surface area (Å²) in [6.45, 7) is 0.0640. The third-order valence-electron chi connectivity index (χ3n) is 3.06. The van der Waals surface area contributed by atoms with Crippen LogP contribution in [0.25, 0.3) is 10.1 Å². The van der Waals surface area contributed by atoms with E-state index in [9.17, 15) is 0 Å². The largest absolute Gasteiger partial charge is 0.392 e. The molecule has 1 aromatic carbocycles. The molecule has 0 unspecified atom stereocenters. The fourth-order valence-electron chi connectivity index (χ4n) is 2.12. The van der Waals surface area contributed by atoms with Crippen molar-refractivity contribution < 1.29 is 5.11 Å². The van der Waals surface area contributed by atoms with Gasteiger partial charge in [-0.1, -0.05) is 12.1 Å². The van der Waals surface area contributed by atoms with Crippen molar-refractivity contribution in [2.75, 3.05) is 0 Å². The molecular formula is C13H11NOS. The number of aliphatic hydroxyl groups is 1. The number of hydrogen-bond acceptors (Lipinski definition) is 3. The molecule has 1 N–H and O–H groups in total. The highest BCUT2D eigenvalue weighted by Crippen LogP contribution is 2.47. The van der Waals surface area contributed by atoms with Crippen molar-refractivity contribution in [3.05, 3.63) is 34.2 Å². The van der Waals surface area contributed by atoms with E-state index in [-0.39, 0.29) is 6.61 Å². The van der Waals surface area contributed by atoms with Gasteiger partial charge in [0.1, 0.15) is 10.9 Å². The van der Waals surface area contributed by atoms with E-state index in [4.69, 9.17) is 10.4 Å². The van der Waals surface area contributed by atoms with Crippen LogP contribution in [0.1, 0.15) is 34.8 Å². The minimum Gasteiger partial charge on any atom is -0.392 e. The highest BCUT2D eigenvalue weighted by atomic mass is 32.1. The third kappa shape index (κ3) is 1.42. The number of fused-ring (bicyclic) bond motifs is 1. The highest BCUT2D eigenvalue weighted by molar-refractivity contribution is 7.19. The van der Waals surface area contributed by atoms with Gasteiger partial charge in [0.15, 0.2) is 0 Å². The number of nitrogens with zero attached hydrogens (tertiary/aromatic N) is 1. The fraction of sp³-hybridized carbons (Fsp3) is 0.308. The zero-order valence-corrected chi connectivity index (χ0v) is 9.55. The molecule has 0 amide bonds. The van der Waals surface area contributed by atoms with Crippen molar-refractivity contribution in [3.63, 3.8) is 0 Å². The summed E-state index contributed by atoms with van der Waals surface area (Å²) in [7, 11) is 0. The minimum absolute atomic E-state index is 0.0640. The first-order chi connectivity index (χ1) is 7.83. The van der Waals surface area contributed by atoms with E-state index < -0.39 is 0 Å². The molecule has 0 bridgehead atoms. The zero-order chi connectivity index (χ0) is 11.1. The Morgan fingerprint density at radius 3 is 2.88 bits per heavy atom. The molecule has 1 aliphatic carbocycles. The summed E-state index contributed by atoms with van der Waals surface area (Å²) in [4.78, 5) is 0.854. The van der Waals surface area contributed by atoms with Crippen LogP contribution in [0.15, 0.2) is 18.2 Å². The molecule has 0 spiro atoms. The molecule has 1 fully saturated rings. The van der Waals surface area contributed by atoms with Crippen molar-refractivity contribution in [3.8, 4) is 6.07 Å². The summed E-state index contributed by atoms with van der Waals surface area (Å²) >= 11 is 1.55. The monoisotopic (exact) mass is 229 g/mol. The van der Waals surface area contributed by atoms with Crippen LogP contribution in [-0.4, -0.2) is 5.11 Å². The molecule has 0 radical (unpaired) electrons. The van der Waals surface area contributed by atoms with Crippen LogP contribution in [0.2, 0.25) is 0 Å². The molecule has 2 nitrogen and oxygen atoms in total. The van der Waals surface area contributed by atoms with Gasteiger partial charge in [0.25, 0.3) is 0 Å².